The Labute approximate surface area is 96.6 Å². The first-order valence-electron chi connectivity index (χ1n) is 5.17. The average Bonchev–Trinajstić information content (AvgIpc) is 2.45. The van der Waals surface area contributed by atoms with Crippen molar-refractivity contribution < 1.29 is 16.8 Å². The van der Waals surface area contributed by atoms with Gasteiger partial charge in [-0.2, -0.15) is 0 Å². The highest BCUT2D eigenvalue weighted by Gasteiger charge is 2.36. The predicted molar refractivity (Wildman–Crippen MR) is 62.2 cm³/mol. The molecule has 3 N–H and O–H groups in total. The van der Waals surface area contributed by atoms with Gasteiger partial charge in [0.2, 0.25) is 10.0 Å². The van der Waals surface area contributed by atoms with E-state index in [1.807, 2.05) is 0 Å². The molecule has 1 saturated heterocycles. The summed E-state index contributed by atoms with van der Waals surface area (Å²) in [7, 11) is -6.68. The number of sulfone groups is 1. The monoisotopic (exact) mass is 270 g/mol. The topological polar surface area (TPSA) is 106 Å². The smallest absolute Gasteiger partial charge is 0.215 e. The molecule has 1 heterocycles. The molecule has 1 fully saturated rings. The van der Waals surface area contributed by atoms with E-state index in [0.717, 1.165) is 0 Å². The van der Waals surface area contributed by atoms with Crippen molar-refractivity contribution in [3.63, 3.8) is 0 Å². The number of hydrogen-bond acceptors (Lipinski definition) is 5. The molecule has 0 aromatic heterocycles. The van der Waals surface area contributed by atoms with Crippen molar-refractivity contribution in [2.45, 2.75) is 31.1 Å². The van der Waals surface area contributed by atoms with Crippen LogP contribution in [0.1, 0.15) is 19.8 Å². The number of sulfonamides is 1. The van der Waals surface area contributed by atoms with E-state index in [4.69, 9.17) is 5.73 Å². The molecule has 16 heavy (non-hydrogen) atoms. The van der Waals surface area contributed by atoms with Crippen LogP contribution in [0.2, 0.25) is 0 Å². The van der Waals surface area contributed by atoms with Gasteiger partial charge in [0.25, 0.3) is 0 Å². The molecule has 0 aromatic rings. The molecular weight excluding hydrogens is 252 g/mol. The van der Waals surface area contributed by atoms with Crippen molar-refractivity contribution in [2.75, 3.05) is 18.1 Å². The van der Waals surface area contributed by atoms with E-state index < -0.39 is 25.1 Å². The summed E-state index contributed by atoms with van der Waals surface area (Å²) in [5.41, 5.74) is 5.49. The third-order valence-electron chi connectivity index (χ3n) is 2.53. The Bertz CT molecular complexity index is 427. The van der Waals surface area contributed by atoms with Crippen LogP contribution in [-0.2, 0) is 19.9 Å². The van der Waals surface area contributed by atoms with Gasteiger partial charge in [0.15, 0.2) is 9.84 Å². The lowest BCUT2D eigenvalue weighted by atomic mass is 10.3. The minimum absolute atomic E-state index is 0.0358. The molecule has 2 unspecified atom stereocenters. The summed E-state index contributed by atoms with van der Waals surface area (Å²) in [6.45, 7) is 2.05. The van der Waals surface area contributed by atoms with Gasteiger partial charge in [-0.15, -0.1) is 0 Å². The van der Waals surface area contributed by atoms with Gasteiger partial charge >= 0.3 is 0 Å². The van der Waals surface area contributed by atoms with Crippen LogP contribution in [0.3, 0.4) is 0 Å². The van der Waals surface area contributed by atoms with Crippen LogP contribution in [0.5, 0.6) is 0 Å². The molecule has 0 saturated carbocycles. The molecule has 96 valence electrons. The van der Waals surface area contributed by atoms with E-state index in [1.54, 1.807) is 6.92 Å². The lowest BCUT2D eigenvalue weighted by Gasteiger charge is -2.12. The van der Waals surface area contributed by atoms with E-state index in [9.17, 15) is 16.8 Å². The molecule has 0 amide bonds. The normalized spacial score (nSPS) is 26.8. The van der Waals surface area contributed by atoms with Crippen LogP contribution < -0.4 is 10.5 Å². The van der Waals surface area contributed by atoms with Gasteiger partial charge in [-0.05, 0) is 19.8 Å². The Morgan fingerprint density at radius 2 is 2.12 bits per heavy atom. The summed E-state index contributed by atoms with van der Waals surface area (Å²) in [6, 6.07) is -0.0741. The highest BCUT2D eigenvalue weighted by Crippen LogP contribution is 2.17. The first-order chi connectivity index (χ1) is 7.23. The lowest BCUT2D eigenvalue weighted by Crippen LogP contribution is -2.37. The Morgan fingerprint density at radius 1 is 1.50 bits per heavy atom. The van der Waals surface area contributed by atoms with Crippen molar-refractivity contribution in [1.82, 2.24) is 4.72 Å². The van der Waals surface area contributed by atoms with Gasteiger partial charge in [0, 0.05) is 12.6 Å². The number of hydrogen-bond donors (Lipinski definition) is 2. The van der Waals surface area contributed by atoms with E-state index in [0.29, 0.717) is 6.42 Å². The van der Waals surface area contributed by atoms with E-state index in [2.05, 4.69) is 4.72 Å². The number of rotatable bonds is 5. The predicted octanol–water partition coefficient (Wildman–Crippen LogP) is -1.17. The zero-order valence-electron chi connectivity index (χ0n) is 9.22. The van der Waals surface area contributed by atoms with E-state index >= 15 is 0 Å². The quantitative estimate of drug-likeness (QED) is 0.655. The third-order valence-corrected chi connectivity index (χ3v) is 6.40. The minimum Gasteiger partial charge on any atom is -0.328 e. The molecule has 0 aromatic carbocycles. The number of nitrogens with one attached hydrogen (secondary N) is 1. The minimum atomic E-state index is -3.51. The van der Waals surface area contributed by atoms with Crippen molar-refractivity contribution >= 4 is 19.9 Å². The average molecular weight is 270 g/mol. The molecule has 0 spiro atoms. The van der Waals surface area contributed by atoms with Gasteiger partial charge in [-0.25, -0.2) is 21.6 Å². The van der Waals surface area contributed by atoms with Crippen LogP contribution in [0, 0.1) is 0 Å². The van der Waals surface area contributed by atoms with Crippen LogP contribution in [-0.4, -0.2) is 46.2 Å². The van der Waals surface area contributed by atoms with E-state index in [-0.39, 0.29) is 30.5 Å². The summed E-state index contributed by atoms with van der Waals surface area (Å²) >= 11 is 0. The molecule has 6 nitrogen and oxygen atoms in total. The first-order valence-corrected chi connectivity index (χ1v) is 8.54. The van der Waals surface area contributed by atoms with Gasteiger partial charge < -0.3 is 5.73 Å². The molecule has 1 rings (SSSR count). The molecule has 0 radical (unpaired) electrons. The highest BCUT2D eigenvalue weighted by molar-refractivity contribution is 7.95. The standard InChI is InChI=1S/C8H18N2O4S2/c1-7(9)2-4-10-16(13,14)8-3-5-15(11,12)6-8/h7-8,10H,2-6,9H2,1H3. The molecule has 1 aliphatic heterocycles. The van der Waals surface area contributed by atoms with Crippen LogP contribution in [0.25, 0.3) is 0 Å². The Hall–Kier alpha value is -0.180. The summed E-state index contributed by atoms with van der Waals surface area (Å²) in [5, 5.41) is -0.800. The molecule has 0 aliphatic carbocycles. The Balaban J connectivity index is 2.52. The highest BCUT2D eigenvalue weighted by atomic mass is 32.2. The zero-order chi connectivity index (χ0) is 12.4. The second-order valence-corrected chi connectivity index (χ2v) is 8.50. The second kappa shape index (κ2) is 4.99. The fourth-order valence-electron chi connectivity index (χ4n) is 1.55. The van der Waals surface area contributed by atoms with Crippen molar-refractivity contribution in [2.24, 2.45) is 5.73 Å². The van der Waals surface area contributed by atoms with Crippen molar-refractivity contribution in [1.29, 1.82) is 0 Å². The molecule has 8 heteroatoms. The number of nitrogens with two attached hydrogens (primary N) is 1. The van der Waals surface area contributed by atoms with Crippen molar-refractivity contribution in [3.8, 4) is 0 Å². The van der Waals surface area contributed by atoms with Crippen LogP contribution >= 0.6 is 0 Å². The van der Waals surface area contributed by atoms with Gasteiger partial charge in [-0.1, -0.05) is 0 Å². The lowest BCUT2D eigenvalue weighted by molar-refractivity contribution is 0.559. The second-order valence-electron chi connectivity index (χ2n) is 4.23. The van der Waals surface area contributed by atoms with E-state index in [1.165, 1.54) is 0 Å². The molecule has 1 aliphatic rings. The van der Waals surface area contributed by atoms with Gasteiger partial charge in [0.05, 0.1) is 16.8 Å². The molecular formula is C8H18N2O4S2. The van der Waals surface area contributed by atoms with Crippen molar-refractivity contribution in [3.05, 3.63) is 0 Å². The first kappa shape index (κ1) is 13.9. The third kappa shape index (κ3) is 4.00. The maximum atomic E-state index is 11.7. The van der Waals surface area contributed by atoms with Gasteiger partial charge in [-0.3, -0.25) is 0 Å². The molecule has 0 bridgehead atoms. The SMILES string of the molecule is CC(N)CCNS(=O)(=O)C1CCS(=O)(=O)C1. The van der Waals surface area contributed by atoms with Crippen LogP contribution in [0.4, 0.5) is 0 Å². The zero-order valence-corrected chi connectivity index (χ0v) is 10.9. The van der Waals surface area contributed by atoms with Gasteiger partial charge in [0.1, 0.15) is 0 Å². The summed E-state index contributed by atoms with van der Waals surface area (Å²) < 4.78 is 48.1. The summed E-state index contributed by atoms with van der Waals surface area (Å²) in [4.78, 5) is 0. The maximum absolute atomic E-state index is 11.7. The fourth-order valence-corrected chi connectivity index (χ4v) is 5.65. The summed E-state index contributed by atoms with van der Waals surface area (Å²) in [6.07, 6.45) is 0.731. The summed E-state index contributed by atoms with van der Waals surface area (Å²) in [5.74, 6) is -0.299. The van der Waals surface area contributed by atoms with Crippen LogP contribution in [0.15, 0.2) is 0 Å². The Morgan fingerprint density at radius 3 is 2.56 bits per heavy atom. The molecule has 2 atom stereocenters. The fraction of sp³-hybridized carbons (Fsp3) is 1.00. The largest absolute Gasteiger partial charge is 0.328 e. The maximum Gasteiger partial charge on any atom is 0.215 e. The Kier molecular flexibility index (Phi) is 4.33.